The van der Waals surface area contributed by atoms with E-state index in [4.69, 9.17) is 17.3 Å². The SMILES string of the molecule is CCc1ccc(CC(N)c2cc(Cl)ccc2Br)nc1. The van der Waals surface area contributed by atoms with Gasteiger partial charge >= 0.3 is 0 Å². The summed E-state index contributed by atoms with van der Waals surface area (Å²) < 4.78 is 0.981. The van der Waals surface area contributed by atoms with E-state index in [1.165, 1.54) is 5.56 Å². The number of hydrogen-bond acceptors (Lipinski definition) is 2. The molecule has 2 nitrogen and oxygen atoms in total. The Morgan fingerprint density at radius 2 is 2.11 bits per heavy atom. The fourth-order valence-electron chi connectivity index (χ4n) is 1.92. The van der Waals surface area contributed by atoms with Crippen molar-refractivity contribution in [3.63, 3.8) is 0 Å². The third-order valence-corrected chi connectivity index (χ3v) is 4.04. The molecule has 0 fully saturated rings. The quantitative estimate of drug-likeness (QED) is 0.902. The molecule has 2 N–H and O–H groups in total. The molecule has 1 unspecified atom stereocenters. The highest BCUT2D eigenvalue weighted by molar-refractivity contribution is 9.10. The molecule has 0 amide bonds. The van der Waals surface area contributed by atoms with E-state index in [9.17, 15) is 0 Å². The van der Waals surface area contributed by atoms with E-state index in [1.54, 1.807) is 0 Å². The van der Waals surface area contributed by atoms with Crippen molar-refractivity contribution in [2.75, 3.05) is 0 Å². The molecular formula is C15H16BrClN2. The zero-order valence-corrected chi connectivity index (χ0v) is 13.1. The molecule has 0 saturated carbocycles. The van der Waals surface area contributed by atoms with E-state index >= 15 is 0 Å². The van der Waals surface area contributed by atoms with Gasteiger partial charge < -0.3 is 5.73 Å². The second kappa shape index (κ2) is 6.51. The number of halogens is 2. The van der Waals surface area contributed by atoms with Crippen molar-refractivity contribution in [1.82, 2.24) is 4.98 Å². The van der Waals surface area contributed by atoms with Gasteiger partial charge in [0.05, 0.1) is 0 Å². The third kappa shape index (κ3) is 3.78. The highest BCUT2D eigenvalue weighted by Gasteiger charge is 2.12. The molecule has 1 aromatic heterocycles. The van der Waals surface area contributed by atoms with Gasteiger partial charge in [0.15, 0.2) is 0 Å². The summed E-state index contributed by atoms with van der Waals surface area (Å²) >= 11 is 9.52. The van der Waals surface area contributed by atoms with E-state index < -0.39 is 0 Å². The highest BCUT2D eigenvalue weighted by atomic mass is 79.9. The van der Waals surface area contributed by atoms with Crippen molar-refractivity contribution in [3.05, 3.63) is 62.8 Å². The van der Waals surface area contributed by atoms with Crippen LogP contribution in [0.2, 0.25) is 5.02 Å². The molecule has 1 aromatic carbocycles. The van der Waals surface area contributed by atoms with Crippen molar-refractivity contribution in [1.29, 1.82) is 0 Å². The lowest BCUT2D eigenvalue weighted by molar-refractivity contribution is 0.702. The maximum Gasteiger partial charge on any atom is 0.0422 e. The first-order valence-electron chi connectivity index (χ1n) is 6.24. The zero-order valence-electron chi connectivity index (χ0n) is 10.7. The fraction of sp³-hybridized carbons (Fsp3) is 0.267. The van der Waals surface area contributed by atoms with Gasteiger partial charge in [0.25, 0.3) is 0 Å². The van der Waals surface area contributed by atoms with E-state index in [1.807, 2.05) is 30.5 Å². The van der Waals surface area contributed by atoms with Gasteiger partial charge in [-0.15, -0.1) is 0 Å². The van der Waals surface area contributed by atoms with E-state index in [0.29, 0.717) is 11.4 Å². The second-order valence-corrected chi connectivity index (χ2v) is 5.78. The number of pyridine rings is 1. The van der Waals surface area contributed by atoms with Crippen LogP contribution in [0, 0.1) is 0 Å². The number of rotatable bonds is 4. The van der Waals surface area contributed by atoms with Crippen LogP contribution in [0.25, 0.3) is 0 Å². The molecule has 0 spiro atoms. The van der Waals surface area contributed by atoms with Crippen LogP contribution in [-0.4, -0.2) is 4.98 Å². The molecular weight excluding hydrogens is 324 g/mol. The summed E-state index contributed by atoms with van der Waals surface area (Å²) in [6.07, 6.45) is 3.61. The van der Waals surface area contributed by atoms with Crippen LogP contribution in [-0.2, 0) is 12.8 Å². The topological polar surface area (TPSA) is 38.9 Å². The predicted octanol–water partition coefficient (Wildman–Crippen LogP) is 4.30. The molecule has 0 aliphatic heterocycles. The summed E-state index contributed by atoms with van der Waals surface area (Å²) in [5, 5.41) is 0.697. The van der Waals surface area contributed by atoms with Crippen LogP contribution in [0.3, 0.4) is 0 Å². The number of hydrogen-bond donors (Lipinski definition) is 1. The molecule has 2 aromatic rings. The minimum Gasteiger partial charge on any atom is -0.324 e. The average molecular weight is 340 g/mol. The first kappa shape index (κ1) is 14.5. The Bertz CT molecular complexity index is 555. The number of nitrogens with zero attached hydrogens (tertiary/aromatic N) is 1. The summed E-state index contributed by atoms with van der Waals surface area (Å²) in [5.41, 5.74) is 9.48. The van der Waals surface area contributed by atoms with Gasteiger partial charge in [0.1, 0.15) is 0 Å². The van der Waals surface area contributed by atoms with Gasteiger partial charge in [0.2, 0.25) is 0 Å². The number of nitrogens with two attached hydrogens (primary N) is 1. The van der Waals surface area contributed by atoms with E-state index in [0.717, 1.165) is 22.2 Å². The monoisotopic (exact) mass is 338 g/mol. The largest absolute Gasteiger partial charge is 0.324 e. The van der Waals surface area contributed by atoms with E-state index in [2.05, 4.69) is 33.9 Å². The van der Waals surface area contributed by atoms with Gasteiger partial charge in [-0.1, -0.05) is 40.5 Å². The van der Waals surface area contributed by atoms with Crippen LogP contribution in [0.1, 0.15) is 29.8 Å². The number of aromatic nitrogens is 1. The lowest BCUT2D eigenvalue weighted by Crippen LogP contribution is -2.14. The summed E-state index contributed by atoms with van der Waals surface area (Å²) in [6, 6.07) is 9.69. The average Bonchev–Trinajstić information content (AvgIpc) is 2.42. The van der Waals surface area contributed by atoms with Gasteiger partial charge in [-0.25, -0.2) is 0 Å². The minimum atomic E-state index is -0.118. The molecule has 0 saturated heterocycles. The molecule has 0 bridgehead atoms. The second-order valence-electron chi connectivity index (χ2n) is 4.49. The lowest BCUT2D eigenvalue weighted by Gasteiger charge is -2.14. The lowest BCUT2D eigenvalue weighted by atomic mass is 10.0. The maximum atomic E-state index is 6.24. The Morgan fingerprint density at radius 1 is 1.32 bits per heavy atom. The normalized spacial score (nSPS) is 12.4. The molecule has 0 aliphatic rings. The first-order chi connectivity index (χ1) is 9.10. The summed E-state index contributed by atoms with van der Waals surface area (Å²) in [6.45, 7) is 2.12. The summed E-state index contributed by atoms with van der Waals surface area (Å²) in [4.78, 5) is 4.44. The first-order valence-corrected chi connectivity index (χ1v) is 7.41. The molecule has 19 heavy (non-hydrogen) atoms. The van der Waals surface area contributed by atoms with Crippen molar-refractivity contribution < 1.29 is 0 Å². The molecule has 0 radical (unpaired) electrons. The summed E-state index contributed by atoms with van der Waals surface area (Å²) in [7, 11) is 0. The van der Waals surface area contributed by atoms with Crippen LogP contribution < -0.4 is 5.73 Å². The fourth-order valence-corrected chi connectivity index (χ4v) is 2.64. The van der Waals surface area contributed by atoms with Gasteiger partial charge in [0, 0.05) is 33.8 Å². The molecule has 0 aliphatic carbocycles. The van der Waals surface area contributed by atoms with Crippen LogP contribution in [0.15, 0.2) is 41.0 Å². The van der Waals surface area contributed by atoms with Gasteiger partial charge in [-0.2, -0.15) is 0 Å². The molecule has 2 rings (SSSR count). The number of aryl methyl sites for hydroxylation is 1. The summed E-state index contributed by atoms with van der Waals surface area (Å²) in [5.74, 6) is 0. The number of benzene rings is 1. The van der Waals surface area contributed by atoms with Crippen LogP contribution >= 0.6 is 27.5 Å². The molecule has 100 valence electrons. The Balaban J connectivity index is 2.15. The Hall–Kier alpha value is -0.900. The minimum absolute atomic E-state index is 0.118. The smallest absolute Gasteiger partial charge is 0.0422 e. The highest BCUT2D eigenvalue weighted by Crippen LogP contribution is 2.27. The predicted molar refractivity (Wildman–Crippen MR) is 83.4 cm³/mol. The standard InChI is InChI=1S/C15H16BrClN2/c1-2-10-3-5-12(19-9-10)8-15(18)13-7-11(17)4-6-14(13)16/h3-7,9,15H,2,8,18H2,1H3. The Labute approximate surface area is 127 Å². The molecule has 1 atom stereocenters. The van der Waals surface area contributed by atoms with Gasteiger partial charge in [-0.05, 0) is 41.8 Å². The van der Waals surface area contributed by atoms with Crippen LogP contribution in [0.5, 0.6) is 0 Å². The van der Waals surface area contributed by atoms with Gasteiger partial charge in [-0.3, -0.25) is 4.98 Å². The molecule has 1 heterocycles. The third-order valence-electron chi connectivity index (χ3n) is 3.08. The Kier molecular flexibility index (Phi) is 4.97. The van der Waals surface area contributed by atoms with Crippen molar-refractivity contribution >= 4 is 27.5 Å². The van der Waals surface area contributed by atoms with E-state index in [-0.39, 0.29) is 6.04 Å². The van der Waals surface area contributed by atoms with Crippen molar-refractivity contribution in [3.8, 4) is 0 Å². The van der Waals surface area contributed by atoms with Crippen molar-refractivity contribution in [2.24, 2.45) is 5.73 Å². The van der Waals surface area contributed by atoms with Crippen LogP contribution in [0.4, 0.5) is 0 Å². The molecule has 4 heteroatoms. The Morgan fingerprint density at radius 3 is 2.74 bits per heavy atom. The maximum absolute atomic E-state index is 6.24. The van der Waals surface area contributed by atoms with Crippen molar-refractivity contribution in [2.45, 2.75) is 25.8 Å². The zero-order chi connectivity index (χ0) is 13.8.